The highest BCUT2D eigenvalue weighted by Gasteiger charge is 2.42. The zero-order valence-electron chi connectivity index (χ0n) is 41.3. The molecule has 18 heteroatoms. The van der Waals surface area contributed by atoms with Gasteiger partial charge in [0.1, 0.15) is 5.75 Å². The molecule has 384 valence electrons. The Hall–Kier alpha value is -6.31. The van der Waals surface area contributed by atoms with Crippen LogP contribution in [0.5, 0.6) is 5.75 Å². The molecule has 4 aromatic rings. The fraction of sp³-hybridized carbons (Fsp3) is 0.444. The van der Waals surface area contributed by atoms with Crippen molar-refractivity contribution in [2.45, 2.75) is 69.3 Å². The summed E-state index contributed by atoms with van der Waals surface area (Å²) in [6.07, 6.45) is 12.5. The molecular formula is C54H67N7O10S. The predicted molar refractivity (Wildman–Crippen MR) is 276 cm³/mol. The van der Waals surface area contributed by atoms with E-state index in [0.717, 1.165) is 53.1 Å². The number of unbranched alkanes of at least 4 members (excludes halogenated alkanes) is 1. The largest absolute Gasteiger partial charge is 0.495 e. The zero-order chi connectivity index (χ0) is 50.8. The summed E-state index contributed by atoms with van der Waals surface area (Å²) >= 11 is 1.89. The number of hydrogen-bond donors (Lipinski definition) is 5. The molecule has 5 N–H and O–H groups in total. The molecule has 3 saturated heterocycles. The quantitative estimate of drug-likeness (QED) is 0.0219. The lowest BCUT2D eigenvalue weighted by Crippen LogP contribution is -2.44. The van der Waals surface area contributed by atoms with E-state index in [0.29, 0.717) is 99.8 Å². The molecule has 1 aromatic heterocycles. The number of imidazole rings is 1. The van der Waals surface area contributed by atoms with E-state index in [1.54, 1.807) is 72.9 Å². The maximum absolute atomic E-state index is 14.0. The van der Waals surface area contributed by atoms with E-state index in [2.05, 4.69) is 33.2 Å². The van der Waals surface area contributed by atoms with Gasteiger partial charge in [0.15, 0.2) is 5.78 Å². The van der Waals surface area contributed by atoms with Gasteiger partial charge >= 0.3 is 6.03 Å². The minimum atomic E-state index is -0.595. The first-order valence-corrected chi connectivity index (χ1v) is 25.7. The van der Waals surface area contributed by atoms with Crippen LogP contribution in [-0.2, 0) is 28.6 Å². The lowest BCUT2D eigenvalue weighted by Gasteiger charge is -2.38. The molecule has 0 radical (unpaired) electrons. The van der Waals surface area contributed by atoms with Crippen LogP contribution in [0.25, 0.3) is 17.8 Å². The molecule has 0 saturated carbocycles. The van der Waals surface area contributed by atoms with Crippen molar-refractivity contribution in [1.82, 2.24) is 35.7 Å². The first-order chi connectivity index (χ1) is 35.0. The van der Waals surface area contributed by atoms with Crippen molar-refractivity contribution in [2.75, 3.05) is 78.7 Å². The number of hydrogen-bond acceptors (Lipinski definition) is 12. The molecule has 0 spiro atoms. The molecular weight excluding hydrogens is 939 g/mol. The van der Waals surface area contributed by atoms with Crippen LogP contribution in [0, 0.1) is 12.8 Å². The average molecular weight is 1010 g/mol. The van der Waals surface area contributed by atoms with Gasteiger partial charge in [-0.1, -0.05) is 67.9 Å². The van der Waals surface area contributed by atoms with Crippen LogP contribution >= 0.6 is 11.8 Å². The number of ketones is 1. The van der Waals surface area contributed by atoms with E-state index in [9.17, 15) is 29.1 Å². The number of methoxy groups -OCH3 is 1. The highest BCUT2D eigenvalue weighted by molar-refractivity contribution is 8.00. The van der Waals surface area contributed by atoms with Gasteiger partial charge in [0.05, 0.1) is 89.2 Å². The number of nitrogens with one attached hydrogen (secondary N) is 4. The fourth-order valence-corrected chi connectivity index (χ4v) is 10.6. The number of thioether (sulfide) groups is 1. The van der Waals surface area contributed by atoms with Crippen molar-refractivity contribution in [3.8, 4) is 11.4 Å². The van der Waals surface area contributed by atoms with Crippen LogP contribution in [-0.4, -0.2) is 145 Å². The van der Waals surface area contributed by atoms with Crippen LogP contribution in [0.3, 0.4) is 0 Å². The van der Waals surface area contributed by atoms with Crippen LogP contribution in [0.2, 0.25) is 0 Å². The third-order valence-electron chi connectivity index (χ3n) is 12.8. The summed E-state index contributed by atoms with van der Waals surface area (Å²) in [5, 5.41) is 22.6. The van der Waals surface area contributed by atoms with Crippen molar-refractivity contribution in [3.05, 3.63) is 124 Å². The number of aliphatic hydroxyl groups excluding tert-OH is 1. The van der Waals surface area contributed by atoms with E-state index < -0.39 is 6.04 Å². The summed E-state index contributed by atoms with van der Waals surface area (Å²) < 4.78 is 24.2. The molecule has 4 heterocycles. The Balaban J connectivity index is 0.743. The minimum absolute atomic E-state index is 0.0131. The van der Waals surface area contributed by atoms with Crippen molar-refractivity contribution in [1.29, 1.82) is 0 Å². The molecule has 72 heavy (non-hydrogen) atoms. The summed E-state index contributed by atoms with van der Waals surface area (Å²) in [6, 6.07) is 19.5. The Labute approximate surface area is 425 Å². The van der Waals surface area contributed by atoms with Gasteiger partial charge in [-0.25, -0.2) is 9.78 Å². The van der Waals surface area contributed by atoms with Crippen molar-refractivity contribution < 1.29 is 48.0 Å². The summed E-state index contributed by atoms with van der Waals surface area (Å²) in [5.74, 6) is 1.16. The van der Waals surface area contributed by atoms with Crippen molar-refractivity contribution in [3.63, 3.8) is 0 Å². The smallest absolute Gasteiger partial charge is 0.315 e. The van der Waals surface area contributed by atoms with E-state index in [4.69, 9.17) is 18.9 Å². The standard InChI is InChI=1S/C54H67N7O10S/c1-36-28-43(29-39-10-18-45(47(30-39)68-3)60-32-37(2)57-35-60)53(66)61(31-36)46(33-62)40-14-16-42(17-15-40)52(65)41-12-8-38(9-13-41)11-19-50(64)56-21-23-70-25-27-71-26-24-69-22-20-55-49(63)7-5-4-6-48-51-44(34-72-48)58-54(67)59-51/h8-19,29-30,32,35-36,44,46,48,51,62H,4-7,20-28,31,33-34H2,1-3H3,(H,55,63)(H,56,64)(H2,58,59,67)/b19-11+,43-29-/t36-,44?,46-,48?,51?/m0/s1. The second-order valence-corrected chi connectivity index (χ2v) is 19.5. The number of carbonyl (C=O) groups is 5. The topological polar surface area (TPSA) is 212 Å². The number of urea groups is 1. The number of amides is 5. The Morgan fingerprint density at radius 2 is 1.57 bits per heavy atom. The molecule has 3 aliphatic heterocycles. The number of nitrogens with zero attached hydrogens (tertiary/aromatic N) is 3. The molecule has 3 aliphatic rings. The Kier molecular flexibility index (Phi) is 20.0. The Morgan fingerprint density at radius 1 is 0.889 bits per heavy atom. The fourth-order valence-electron chi connectivity index (χ4n) is 9.07. The molecule has 5 atom stereocenters. The third kappa shape index (κ3) is 15.1. The summed E-state index contributed by atoms with van der Waals surface area (Å²) in [5.41, 5.74) is 5.61. The minimum Gasteiger partial charge on any atom is -0.495 e. The number of likely N-dealkylation sites (tertiary alicyclic amines) is 1. The van der Waals surface area contributed by atoms with Crippen molar-refractivity contribution >= 4 is 53.4 Å². The van der Waals surface area contributed by atoms with Crippen LogP contribution < -0.4 is 26.0 Å². The Morgan fingerprint density at radius 3 is 2.25 bits per heavy atom. The molecule has 5 amide bonds. The van der Waals surface area contributed by atoms with Crippen LogP contribution in [0.15, 0.2) is 90.9 Å². The second kappa shape index (κ2) is 26.9. The van der Waals surface area contributed by atoms with E-state index in [-0.39, 0.29) is 54.1 Å². The van der Waals surface area contributed by atoms with E-state index >= 15 is 0 Å². The molecule has 17 nitrogen and oxygen atoms in total. The maximum atomic E-state index is 14.0. The zero-order valence-corrected chi connectivity index (χ0v) is 42.1. The monoisotopic (exact) mass is 1010 g/mol. The average Bonchev–Trinajstić information content (AvgIpc) is 4.10. The first-order valence-electron chi connectivity index (χ1n) is 24.7. The molecule has 0 aliphatic carbocycles. The highest BCUT2D eigenvalue weighted by Crippen LogP contribution is 2.35. The number of rotatable bonds is 27. The highest BCUT2D eigenvalue weighted by atomic mass is 32.2. The number of carbonyl (C=O) groups excluding carboxylic acids is 5. The molecule has 0 bridgehead atoms. The normalized spacial score (nSPS) is 19.6. The number of benzene rings is 3. The van der Waals surface area contributed by atoms with E-state index in [1.807, 2.05) is 53.7 Å². The number of aromatic nitrogens is 2. The molecule has 3 unspecified atom stereocenters. The number of ether oxygens (including phenoxy) is 4. The maximum Gasteiger partial charge on any atom is 0.315 e. The van der Waals surface area contributed by atoms with Gasteiger partial charge in [0.2, 0.25) is 17.7 Å². The SMILES string of the molecule is COc1cc(/C=C2/C[C@H](C)CN([C@@H](CO)c3ccc(C(=O)c4ccc(/C=C/C(=O)NCCOCCOCCOCCNC(=O)CCCCC5SCC6NC(=O)NC65)cc4)cc3)C2=O)ccc1-n1cnc(C)c1. The number of aliphatic hydroxyl groups is 1. The summed E-state index contributed by atoms with van der Waals surface area (Å²) in [4.78, 5) is 69.5. The van der Waals surface area contributed by atoms with Crippen LogP contribution in [0.4, 0.5) is 4.79 Å². The Bertz CT molecular complexity index is 2530. The van der Waals surface area contributed by atoms with Gasteiger partial charge in [-0.15, -0.1) is 0 Å². The first kappa shape index (κ1) is 53.5. The van der Waals surface area contributed by atoms with Gasteiger partial charge in [-0.2, -0.15) is 11.8 Å². The van der Waals surface area contributed by atoms with Gasteiger partial charge in [-0.3, -0.25) is 19.2 Å². The number of fused-ring (bicyclic) bond motifs is 1. The third-order valence-corrected chi connectivity index (χ3v) is 14.3. The lowest BCUT2D eigenvalue weighted by atomic mass is 9.90. The lowest BCUT2D eigenvalue weighted by molar-refractivity contribution is -0.133. The number of piperidine rings is 1. The van der Waals surface area contributed by atoms with Gasteiger partial charge < -0.3 is 54.8 Å². The van der Waals surface area contributed by atoms with Gasteiger partial charge in [-0.05, 0) is 73.1 Å². The summed E-state index contributed by atoms with van der Waals surface area (Å²) in [7, 11) is 1.61. The second-order valence-electron chi connectivity index (χ2n) is 18.2. The van der Waals surface area contributed by atoms with E-state index in [1.165, 1.54) is 6.08 Å². The molecule has 3 aromatic carbocycles. The van der Waals surface area contributed by atoms with Crippen molar-refractivity contribution in [2.24, 2.45) is 5.92 Å². The molecule has 7 rings (SSSR count). The van der Waals surface area contributed by atoms with Gasteiger partial charge in [0, 0.05) is 66.0 Å². The number of aryl methyl sites for hydroxylation is 1. The summed E-state index contributed by atoms with van der Waals surface area (Å²) in [6.45, 7) is 7.25. The van der Waals surface area contributed by atoms with Gasteiger partial charge in [0.25, 0.3) is 0 Å². The van der Waals surface area contributed by atoms with Crippen LogP contribution in [0.1, 0.15) is 83.4 Å². The predicted octanol–water partition coefficient (Wildman–Crippen LogP) is 5.43. The molecule has 3 fully saturated rings.